The van der Waals surface area contributed by atoms with Crippen LogP contribution < -0.4 is 9.47 Å². The molecule has 3 aromatic rings. The lowest BCUT2D eigenvalue weighted by Gasteiger charge is -2.31. The summed E-state index contributed by atoms with van der Waals surface area (Å²) in [6.07, 6.45) is 2.60. The van der Waals surface area contributed by atoms with Crippen LogP contribution in [0.1, 0.15) is 36.0 Å². The van der Waals surface area contributed by atoms with Gasteiger partial charge in [0.15, 0.2) is 5.82 Å². The van der Waals surface area contributed by atoms with E-state index in [2.05, 4.69) is 10.1 Å². The Morgan fingerprint density at radius 2 is 2.06 bits per heavy atom. The Hall–Kier alpha value is -3.42. The third-order valence-electron chi connectivity index (χ3n) is 5.50. The van der Waals surface area contributed by atoms with Crippen molar-refractivity contribution in [2.75, 3.05) is 26.8 Å². The fourth-order valence-corrected chi connectivity index (χ4v) is 3.80. The van der Waals surface area contributed by atoms with Crippen molar-refractivity contribution in [3.05, 3.63) is 71.6 Å². The number of likely N-dealkylation sites (tertiary alicyclic amines) is 1. The molecule has 1 aliphatic rings. The molecule has 0 saturated carbocycles. The number of hydrogen-bond acceptors (Lipinski definition) is 6. The van der Waals surface area contributed by atoms with Gasteiger partial charge < -0.3 is 18.9 Å². The summed E-state index contributed by atoms with van der Waals surface area (Å²) in [6, 6.07) is 13.4. The number of benzene rings is 2. The van der Waals surface area contributed by atoms with E-state index in [9.17, 15) is 9.18 Å². The molecule has 1 amide bonds. The molecule has 1 unspecified atom stereocenters. The van der Waals surface area contributed by atoms with Gasteiger partial charge in [-0.1, -0.05) is 17.3 Å². The highest BCUT2D eigenvalue weighted by atomic mass is 19.1. The molecule has 4 rings (SSSR count). The predicted molar refractivity (Wildman–Crippen MR) is 115 cm³/mol. The molecule has 8 heteroatoms. The number of aromatic nitrogens is 2. The summed E-state index contributed by atoms with van der Waals surface area (Å²) >= 11 is 0. The number of rotatable bonds is 8. The van der Waals surface area contributed by atoms with Crippen LogP contribution in [-0.2, 0) is 17.6 Å². The smallest absolute Gasteiger partial charge is 0.231 e. The van der Waals surface area contributed by atoms with Crippen LogP contribution in [-0.4, -0.2) is 47.8 Å². The Morgan fingerprint density at radius 3 is 2.88 bits per heavy atom. The molecule has 2 aromatic carbocycles. The standard InChI is InChI=1S/C24H26FN3O4/c1-30-21-6-2-4-17(14-21)15-23(29)28-12-3-5-18(16-28)24-26-22(27-32-24)11-13-31-20-9-7-19(25)8-10-20/h2,4,6-10,14,18H,3,5,11-13,15-16H2,1H3. The van der Waals surface area contributed by atoms with Gasteiger partial charge in [0.1, 0.15) is 17.3 Å². The van der Waals surface area contributed by atoms with Gasteiger partial charge in [-0.2, -0.15) is 4.98 Å². The molecule has 1 saturated heterocycles. The Bertz CT molecular complexity index is 1040. The quantitative estimate of drug-likeness (QED) is 0.532. The molecule has 1 aliphatic heterocycles. The number of amides is 1. The maximum atomic E-state index is 13.0. The number of nitrogens with zero attached hydrogens (tertiary/aromatic N) is 3. The lowest BCUT2D eigenvalue weighted by Crippen LogP contribution is -2.40. The van der Waals surface area contributed by atoms with Gasteiger partial charge in [-0.05, 0) is 54.8 Å². The summed E-state index contributed by atoms with van der Waals surface area (Å²) < 4.78 is 29.3. The zero-order valence-electron chi connectivity index (χ0n) is 18.0. The summed E-state index contributed by atoms with van der Waals surface area (Å²) in [7, 11) is 1.61. The van der Waals surface area contributed by atoms with Gasteiger partial charge in [-0.25, -0.2) is 4.39 Å². The lowest BCUT2D eigenvalue weighted by atomic mass is 9.97. The Morgan fingerprint density at radius 1 is 1.22 bits per heavy atom. The van der Waals surface area contributed by atoms with Crippen molar-refractivity contribution in [2.24, 2.45) is 0 Å². The third kappa shape index (κ3) is 5.63. The highest BCUT2D eigenvalue weighted by Crippen LogP contribution is 2.26. The van der Waals surface area contributed by atoms with E-state index in [1.807, 2.05) is 29.2 Å². The summed E-state index contributed by atoms with van der Waals surface area (Å²) in [6.45, 7) is 1.66. The van der Waals surface area contributed by atoms with Gasteiger partial charge >= 0.3 is 0 Å². The number of hydrogen-bond donors (Lipinski definition) is 0. The van der Waals surface area contributed by atoms with E-state index in [4.69, 9.17) is 14.0 Å². The second kappa shape index (κ2) is 10.3. The number of carbonyl (C=O) groups excluding carboxylic acids is 1. The van der Waals surface area contributed by atoms with Crippen molar-refractivity contribution < 1.29 is 23.2 Å². The molecule has 1 atom stereocenters. The van der Waals surface area contributed by atoms with E-state index in [-0.39, 0.29) is 17.6 Å². The molecule has 0 N–H and O–H groups in total. The predicted octanol–water partition coefficient (Wildman–Crippen LogP) is 3.79. The van der Waals surface area contributed by atoms with Crippen LogP contribution in [0.25, 0.3) is 0 Å². The zero-order valence-corrected chi connectivity index (χ0v) is 18.0. The second-order valence-electron chi connectivity index (χ2n) is 7.81. The topological polar surface area (TPSA) is 77.7 Å². The van der Waals surface area contributed by atoms with E-state index in [1.165, 1.54) is 12.1 Å². The van der Waals surface area contributed by atoms with Gasteiger partial charge in [-0.3, -0.25) is 4.79 Å². The first-order valence-electron chi connectivity index (χ1n) is 10.7. The zero-order chi connectivity index (χ0) is 22.3. The minimum Gasteiger partial charge on any atom is -0.497 e. The van der Waals surface area contributed by atoms with E-state index in [0.717, 1.165) is 30.7 Å². The first-order valence-corrected chi connectivity index (χ1v) is 10.7. The van der Waals surface area contributed by atoms with Crippen molar-refractivity contribution in [3.8, 4) is 11.5 Å². The molecule has 1 aromatic heterocycles. The highest BCUT2D eigenvalue weighted by molar-refractivity contribution is 5.79. The Balaban J connectivity index is 1.29. The van der Waals surface area contributed by atoms with E-state index in [1.54, 1.807) is 19.2 Å². The SMILES string of the molecule is COc1cccc(CC(=O)N2CCCC(c3nc(CCOc4ccc(F)cc4)no3)C2)c1. The Labute approximate surface area is 186 Å². The third-order valence-corrected chi connectivity index (χ3v) is 5.50. The number of carbonyl (C=O) groups is 1. The molecule has 1 fully saturated rings. The summed E-state index contributed by atoms with van der Waals surface area (Å²) in [5, 5.41) is 4.05. The van der Waals surface area contributed by atoms with Crippen molar-refractivity contribution in [3.63, 3.8) is 0 Å². The second-order valence-corrected chi connectivity index (χ2v) is 7.81. The first-order chi connectivity index (χ1) is 15.6. The molecule has 32 heavy (non-hydrogen) atoms. The maximum absolute atomic E-state index is 13.0. The number of methoxy groups -OCH3 is 1. The van der Waals surface area contributed by atoms with Crippen LogP contribution in [0.5, 0.6) is 11.5 Å². The number of halogens is 1. The molecular formula is C24H26FN3O4. The summed E-state index contributed by atoms with van der Waals surface area (Å²) in [5.41, 5.74) is 0.928. The molecule has 168 valence electrons. The highest BCUT2D eigenvalue weighted by Gasteiger charge is 2.28. The largest absolute Gasteiger partial charge is 0.497 e. The van der Waals surface area contributed by atoms with Crippen molar-refractivity contribution in [1.29, 1.82) is 0 Å². The maximum Gasteiger partial charge on any atom is 0.231 e. The first kappa shape index (κ1) is 21.8. The fraction of sp³-hybridized carbons (Fsp3) is 0.375. The van der Waals surface area contributed by atoms with E-state index < -0.39 is 0 Å². The lowest BCUT2D eigenvalue weighted by molar-refractivity contribution is -0.131. The molecular weight excluding hydrogens is 413 g/mol. The van der Waals surface area contributed by atoms with Gasteiger partial charge in [0.2, 0.25) is 11.8 Å². The van der Waals surface area contributed by atoms with Crippen LogP contribution >= 0.6 is 0 Å². The molecule has 7 nitrogen and oxygen atoms in total. The molecule has 0 bridgehead atoms. The number of ether oxygens (including phenoxy) is 2. The van der Waals surface area contributed by atoms with Crippen molar-refractivity contribution >= 4 is 5.91 Å². The minimum atomic E-state index is -0.302. The van der Waals surface area contributed by atoms with Gasteiger partial charge in [0, 0.05) is 19.5 Å². The van der Waals surface area contributed by atoms with Gasteiger partial charge in [-0.15, -0.1) is 0 Å². The van der Waals surface area contributed by atoms with E-state index >= 15 is 0 Å². The van der Waals surface area contributed by atoms with Crippen LogP contribution in [0.4, 0.5) is 4.39 Å². The van der Waals surface area contributed by atoms with Crippen molar-refractivity contribution in [1.82, 2.24) is 15.0 Å². The van der Waals surface area contributed by atoms with Crippen LogP contribution in [0.2, 0.25) is 0 Å². The summed E-state index contributed by atoms with van der Waals surface area (Å²) in [4.78, 5) is 19.2. The normalized spacial score (nSPS) is 16.1. The fourth-order valence-electron chi connectivity index (χ4n) is 3.80. The molecule has 2 heterocycles. The average Bonchev–Trinajstić information content (AvgIpc) is 3.29. The van der Waals surface area contributed by atoms with Crippen LogP contribution in [0, 0.1) is 5.82 Å². The molecule has 0 spiro atoms. The van der Waals surface area contributed by atoms with Gasteiger partial charge in [0.25, 0.3) is 0 Å². The molecule has 0 radical (unpaired) electrons. The minimum absolute atomic E-state index is 0.0253. The van der Waals surface area contributed by atoms with Crippen LogP contribution in [0.3, 0.4) is 0 Å². The molecule has 0 aliphatic carbocycles. The monoisotopic (exact) mass is 439 g/mol. The van der Waals surface area contributed by atoms with Crippen molar-refractivity contribution in [2.45, 2.75) is 31.6 Å². The van der Waals surface area contributed by atoms with Gasteiger partial charge in [0.05, 0.1) is 26.1 Å². The Kier molecular flexibility index (Phi) is 6.99. The average molecular weight is 439 g/mol. The summed E-state index contributed by atoms with van der Waals surface area (Å²) in [5.74, 6) is 2.25. The van der Waals surface area contributed by atoms with E-state index in [0.29, 0.717) is 43.5 Å². The van der Waals surface area contributed by atoms with Crippen LogP contribution in [0.15, 0.2) is 53.1 Å². The number of piperidine rings is 1.